The molecule has 0 bridgehead atoms. The van der Waals surface area contributed by atoms with Crippen molar-refractivity contribution in [1.82, 2.24) is 0 Å². The van der Waals surface area contributed by atoms with Crippen LogP contribution in [0, 0.1) is 5.41 Å². The molecule has 0 amide bonds. The summed E-state index contributed by atoms with van der Waals surface area (Å²) in [6, 6.07) is 32.5. The molecule has 0 aliphatic heterocycles. The van der Waals surface area contributed by atoms with Crippen LogP contribution < -0.4 is 35.3 Å². The van der Waals surface area contributed by atoms with E-state index in [1.165, 1.54) is 49.0 Å². The van der Waals surface area contributed by atoms with E-state index in [9.17, 15) is 0 Å². The van der Waals surface area contributed by atoms with E-state index in [-0.39, 0.29) is 35.6 Å². The van der Waals surface area contributed by atoms with Gasteiger partial charge in [-0.25, -0.2) is 0 Å². The summed E-state index contributed by atoms with van der Waals surface area (Å²) in [5, 5.41) is 8.35. The quantitative estimate of drug-likeness (QED) is 0.224. The van der Waals surface area contributed by atoms with Gasteiger partial charge in [-0.2, -0.15) is 0 Å². The third-order valence-corrected chi connectivity index (χ3v) is 22.9. The molecular weight excluding hydrogens is 775 g/mol. The maximum Gasteiger partial charge on any atom is -1.00 e. The van der Waals surface area contributed by atoms with Crippen molar-refractivity contribution in [2.75, 3.05) is 0 Å². The van der Waals surface area contributed by atoms with E-state index in [1.807, 2.05) is 0 Å². The van der Waals surface area contributed by atoms with Crippen molar-refractivity contribution in [1.29, 1.82) is 0 Å². The summed E-state index contributed by atoms with van der Waals surface area (Å²) < 4.78 is 2.62. The number of hydrogen-bond donors (Lipinski definition) is 0. The maximum absolute atomic E-state index is 2.80. The molecule has 0 spiro atoms. The molecule has 0 nitrogen and oxygen atoms in total. The minimum Gasteiger partial charge on any atom is -1.00 e. The minimum atomic E-state index is -2.80. The third-order valence-electron chi connectivity index (χ3n) is 12.9. The van der Waals surface area contributed by atoms with Crippen LogP contribution in [0.15, 0.2) is 133 Å². The van der Waals surface area contributed by atoms with Crippen LogP contribution in [-0.2, 0) is 33.1 Å². The fourth-order valence-electron chi connectivity index (χ4n) is 10.8. The molecular formula is C51H46Cl2Zr. The molecule has 268 valence electrons. The van der Waals surface area contributed by atoms with Crippen molar-refractivity contribution in [2.45, 2.75) is 67.1 Å². The number of rotatable bonds is 4. The molecule has 0 N–H and O–H groups in total. The van der Waals surface area contributed by atoms with Crippen LogP contribution in [0.25, 0.3) is 44.3 Å². The van der Waals surface area contributed by atoms with E-state index in [1.54, 1.807) is 41.8 Å². The zero-order valence-electron chi connectivity index (χ0n) is 32.0. The molecule has 3 heteroatoms. The van der Waals surface area contributed by atoms with Gasteiger partial charge in [0, 0.05) is 0 Å². The Labute approximate surface area is 340 Å². The van der Waals surface area contributed by atoms with Gasteiger partial charge in [0.15, 0.2) is 0 Å². The second kappa shape index (κ2) is 13.6. The first-order valence-electron chi connectivity index (χ1n) is 19.2. The molecule has 54 heavy (non-hydrogen) atoms. The topological polar surface area (TPSA) is 0 Å². The summed E-state index contributed by atoms with van der Waals surface area (Å²) in [7, 11) is 0. The Kier molecular flexibility index (Phi) is 9.37. The maximum atomic E-state index is 2.63. The zero-order valence-corrected chi connectivity index (χ0v) is 36.0. The Morgan fingerprint density at radius 3 is 1.91 bits per heavy atom. The number of halogens is 2. The SMILES string of the molecule is CC1=CC=c2c1c1c(c3c2=C(C)[CH]([Zr+2](=[C](c2ccc4ccccc4c2)c2ccc4ccccc4c2)[CH]2C=CC=C2)C3(C)C)CC2=C1CC(C)(C)C=C2.[Cl-].[Cl-]. The Bertz CT molecular complexity index is 2670. The summed E-state index contributed by atoms with van der Waals surface area (Å²) in [6.45, 7) is 15.0. The first-order valence-corrected chi connectivity index (χ1v) is 23.3. The van der Waals surface area contributed by atoms with Gasteiger partial charge in [-0.05, 0) is 0 Å². The summed E-state index contributed by atoms with van der Waals surface area (Å²) in [4.78, 5) is 0. The molecule has 0 aromatic heterocycles. The second-order valence-electron chi connectivity index (χ2n) is 17.2. The standard InChI is InChI=1S/C25H27.C21H14.C5H5.2ClH.Zr/c1-14-7-8-17-20(14)22-18(23-21(17)15(2)12-25(23,5)6)11-16-9-10-24(3,4)13-19(16)22;1-3-7-20-14-16(9-11-18(20)5-1)13-17-10-12-19-6-2-4-8-21(19)15-17;1-2-4-5-3-1;;;/h7-10,12H,11,13H2,1-6H3;1-12,14-15H;1-5H;2*1H;/q;;;;;+2/p-2. The number of hydrogen-bond acceptors (Lipinski definition) is 0. The molecule has 5 aliphatic carbocycles. The van der Waals surface area contributed by atoms with E-state index in [4.69, 9.17) is 0 Å². The normalized spacial score (nSPS) is 19.4. The first-order chi connectivity index (χ1) is 25.1. The van der Waals surface area contributed by atoms with Gasteiger partial charge in [0.2, 0.25) is 0 Å². The summed E-state index contributed by atoms with van der Waals surface area (Å²) in [5.41, 5.74) is 15.7. The number of fused-ring (bicyclic) bond motifs is 9. The molecule has 0 radical (unpaired) electrons. The molecule has 1 unspecified atom stereocenters. The van der Waals surface area contributed by atoms with E-state index in [2.05, 4.69) is 175 Å². The largest absolute Gasteiger partial charge is 1.00 e. The van der Waals surface area contributed by atoms with Gasteiger partial charge in [0.25, 0.3) is 0 Å². The van der Waals surface area contributed by atoms with Crippen LogP contribution in [-0.4, -0.2) is 3.21 Å². The Morgan fingerprint density at radius 1 is 0.704 bits per heavy atom. The van der Waals surface area contributed by atoms with Crippen molar-refractivity contribution in [3.8, 4) is 0 Å². The minimum absolute atomic E-state index is 0. The Morgan fingerprint density at radius 2 is 1.30 bits per heavy atom. The predicted octanol–water partition coefficient (Wildman–Crippen LogP) is 5.55. The average Bonchev–Trinajstić information content (AvgIpc) is 3.92. The molecule has 5 aliphatic rings. The van der Waals surface area contributed by atoms with E-state index >= 15 is 0 Å². The van der Waals surface area contributed by atoms with Gasteiger partial charge in [0.05, 0.1) is 0 Å². The fourth-order valence-corrected chi connectivity index (χ4v) is 21.0. The Hall–Kier alpha value is -3.61. The van der Waals surface area contributed by atoms with Crippen molar-refractivity contribution in [3.05, 3.63) is 177 Å². The van der Waals surface area contributed by atoms with Gasteiger partial charge >= 0.3 is 318 Å². The monoisotopic (exact) mass is 818 g/mol. The average molecular weight is 821 g/mol. The molecule has 0 saturated heterocycles. The fraction of sp³-hybridized carbons (Fsp3) is 0.235. The van der Waals surface area contributed by atoms with Gasteiger partial charge in [-0.1, -0.05) is 0 Å². The first kappa shape index (κ1) is 37.3. The summed E-state index contributed by atoms with van der Waals surface area (Å²) in [6.07, 6.45) is 21.8. The Balaban J connectivity index is 0.00000207. The molecule has 0 saturated carbocycles. The van der Waals surface area contributed by atoms with Crippen LogP contribution in [0.5, 0.6) is 0 Å². The summed E-state index contributed by atoms with van der Waals surface area (Å²) in [5.74, 6) is 0. The number of benzene rings is 5. The molecule has 1 atom stereocenters. The van der Waals surface area contributed by atoms with Crippen LogP contribution in [0.2, 0.25) is 7.25 Å². The summed E-state index contributed by atoms with van der Waals surface area (Å²) >= 11 is -2.80. The van der Waals surface area contributed by atoms with Crippen molar-refractivity contribution in [3.63, 3.8) is 0 Å². The van der Waals surface area contributed by atoms with Gasteiger partial charge in [-0.15, -0.1) is 0 Å². The van der Waals surface area contributed by atoms with Crippen LogP contribution in [0.1, 0.15) is 81.3 Å². The predicted molar refractivity (Wildman–Crippen MR) is 221 cm³/mol. The van der Waals surface area contributed by atoms with Crippen LogP contribution >= 0.6 is 0 Å². The van der Waals surface area contributed by atoms with Gasteiger partial charge in [-0.3, -0.25) is 0 Å². The molecule has 10 rings (SSSR count). The van der Waals surface area contributed by atoms with Gasteiger partial charge < -0.3 is 24.8 Å². The van der Waals surface area contributed by atoms with Crippen LogP contribution in [0.4, 0.5) is 0 Å². The van der Waals surface area contributed by atoms with Crippen molar-refractivity contribution < 1.29 is 46.1 Å². The van der Waals surface area contributed by atoms with E-state index in [0.717, 1.165) is 12.8 Å². The van der Waals surface area contributed by atoms with Crippen LogP contribution in [0.3, 0.4) is 0 Å². The molecule has 5 aromatic rings. The van der Waals surface area contributed by atoms with E-state index in [0.29, 0.717) is 7.25 Å². The number of allylic oxidation sites excluding steroid dienone is 10. The second-order valence-corrected chi connectivity index (χ2v) is 23.7. The third kappa shape index (κ3) is 5.59. The smallest absolute Gasteiger partial charge is 1.00 e. The van der Waals surface area contributed by atoms with Crippen molar-refractivity contribution >= 4 is 47.5 Å². The molecule has 5 aromatic carbocycles. The van der Waals surface area contributed by atoms with Crippen molar-refractivity contribution in [2.24, 2.45) is 5.41 Å². The van der Waals surface area contributed by atoms with E-state index < -0.39 is 21.3 Å². The zero-order chi connectivity index (χ0) is 35.5. The molecule has 0 heterocycles. The van der Waals surface area contributed by atoms with Gasteiger partial charge in [0.1, 0.15) is 0 Å². The molecule has 0 fully saturated rings.